The predicted octanol–water partition coefficient (Wildman–Crippen LogP) is 4.10. The number of ether oxygens (including phenoxy) is 1. The topological polar surface area (TPSA) is 12.5 Å². The van der Waals surface area contributed by atoms with Crippen molar-refractivity contribution in [1.29, 1.82) is 0 Å². The van der Waals surface area contributed by atoms with Gasteiger partial charge in [0.2, 0.25) is 0 Å². The molecule has 0 bridgehead atoms. The van der Waals surface area contributed by atoms with E-state index >= 15 is 0 Å². The Kier molecular flexibility index (Phi) is 4.87. The van der Waals surface area contributed by atoms with Gasteiger partial charge >= 0.3 is 0 Å². The van der Waals surface area contributed by atoms with E-state index in [-0.39, 0.29) is 0 Å². The van der Waals surface area contributed by atoms with Crippen LogP contribution in [0.15, 0.2) is 30.3 Å². The third-order valence-electron chi connectivity index (χ3n) is 4.29. The largest absolute Gasteiger partial charge is 0.372 e. The zero-order valence-corrected chi connectivity index (χ0v) is 13.6. The maximum absolute atomic E-state index is 6.15. The van der Waals surface area contributed by atoms with Crippen LogP contribution in [0.25, 0.3) is 0 Å². The van der Waals surface area contributed by atoms with Crippen molar-refractivity contribution in [1.82, 2.24) is 4.90 Å². The number of likely N-dealkylation sites (tertiary alicyclic amines) is 1. The van der Waals surface area contributed by atoms with Gasteiger partial charge in [0.25, 0.3) is 0 Å². The molecule has 0 aromatic heterocycles. The summed E-state index contributed by atoms with van der Waals surface area (Å²) in [4.78, 5) is 2.61. The van der Waals surface area contributed by atoms with Crippen molar-refractivity contribution in [2.24, 2.45) is 5.41 Å². The first-order chi connectivity index (χ1) is 9.38. The fourth-order valence-corrected chi connectivity index (χ4v) is 3.15. The summed E-state index contributed by atoms with van der Waals surface area (Å²) < 4.78 is 6.15. The van der Waals surface area contributed by atoms with E-state index in [0.29, 0.717) is 23.6 Å². The Morgan fingerprint density at radius 1 is 1.20 bits per heavy atom. The first-order valence-electron chi connectivity index (χ1n) is 7.79. The van der Waals surface area contributed by atoms with Crippen LogP contribution in [0.3, 0.4) is 0 Å². The van der Waals surface area contributed by atoms with Gasteiger partial charge in [0, 0.05) is 18.6 Å². The molecule has 2 rings (SSSR count). The Morgan fingerprint density at radius 3 is 2.35 bits per heavy atom. The van der Waals surface area contributed by atoms with Gasteiger partial charge < -0.3 is 4.74 Å². The van der Waals surface area contributed by atoms with Gasteiger partial charge in [-0.1, -0.05) is 51.1 Å². The highest BCUT2D eigenvalue weighted by molar-refractivity contribution is 5.13. The Hall–Kier alpha value is -0.860. The second kappa shape index (κ2) is 6.28. The molecule has 0 radical (unpaired) electrons. The highest BCUT2D eigenvalue weighted by Crippen LogP contribution is 2.35. The molecule has 1 fully saturated rings. The van der Waals surface area contributed by atoms with Crippen molar-refractivity contribution < 1.29 is 4.74 Å². The van der Waals surface area contributed by atoms with Crippen LogP contribution < -0.4 is 0 Å². The lowest BCUT2D eigenvalue weighted by atomic mass is 9.84. The van der Waals surface area contributed by atoms with E-state index in [4.69, 9.17) is 4.74 Å². The molecule has 1 aromatic carbocycles. The van der Waals surface area contributed by atoms with E-state index in [1.165, 1.54) is 5.56 Å². The zero-order chi connectivity index (χ0) is 14.8. The molecule has 0 saturated carbocycles. The second-order valence-electron chi connectivity index (χ2n) is 7.33. The molecule has 0 aliphatic carbocycles. The molecule has 1 aliphatic heterocycles. The number of hydrogen-bond donors (Lipinski definition) is 0. The Labute approximate surface area is 124 Å². The SMILES string of the molecule is CC(C)N1CC(OCc2ccccc2)CC1C(C)(C)C. The Morgan fingerprint density at radius 2 is 1.85 bits per heavy atom. The fourth-order valence-electron chi connectivity index (χ4n) is 3.15. The minimum absolute atomic E-state index is 0.315. The number of benzene rings is 1. The lowest BCUT2D eigenvalue weighted by Gasteiger charge is -2.37. The van der Waals surface area contributed by atoms with E-state index in [2.05, 4.69) is 69.9 Å². The monoisotopic (exact) mass is 275 g/mol. The maximum Gasteiger partial charge on any atom is 0.0721 e. The van der Waals surface area contributed by atoms with Crippen LogP contribution in [0.2, 0.25) is 0 Å². The van der Waals surface area contributed by atoms with Gasteiger partial charge in [-0.3, -0.25) is 4.90 Å². The molecule has 2 nitrogen and oxygen atoms in total. The van der Waals surface area contributed by atoms with Crippen molar-refractivity contribution >= 4 is 0 Å². The molecule has 1 aromatic rings. The van der Waals surface area contributed by atoms with Crippen molar-refractivity contribution in [3.63, 3.8) is 0 Å². The molecule has 2 atom stereocenters. The molecule has 1 aliphatic rings. The number of hydrogen-bond acceptors (Lipinski definition) is 2. The van der Waals surface area contributed by atoms with Gasteiger partial charge in [0.15, 0.2) is 0 Å². The highest BCUT2D eigenvalue weighted by atomic mass is 16.5. The molecule has 2 unspecified atom stereocenters. The fraction of sp³-hybridized carbons (Fsp3) is 0.667. The Balaban J connectivity index is 1.94. The smallest absolute Gasteiger partial charge is 0.0721 e. The molecule has 112 valence electrons. The van der Waals surface area contributed by atoms with E-state index < -0.39 is 0 Å². The molecule has 0 spiro atoms. The van der Waals surface area contributed by atoms with Crippen molar-refractivity contribution in [3.8, 4) is 0 Å². The molecular formula is C18H29NO. The molecule has 1 saturated heterocycles. The zero-order valence-electron chi connectivity index (χ0n) is 13.6. The molecule has 0 N–H and O–H groups in total. The highest BCUT2D eigenvalue weighted by Gasteiger charge is 2.40. The minimum atomic E-state index is 0.315. The van der Waals surface area contributed by atoms with Gasteiger partial charge in [-0.15, -0.1) is 0 Å². The number of rotatable bonds is 4. The van der Waals surface area contributed by atoms with E-state index in [9.17, 15) is 0 Å². The van der Waals surface area contributed by atoms with Crippen LogP contribution in [-0.4, -0.2) is 29.6 Å². The molecule has 2 heteroatoms. The second-order valence-corrected chi connectivity index (χ2v) is 7.33. The predicted molar refractivity (Wildman–Crippen MR) is 84.7 cm³/mol. The summed E-state index contributed by atoms with van der Waals surface area (Å²) in [7, 11) is 0. The van der Waals surface area contributed by atoms with Crippen LogP contribution in [0.5, 0.6) is 0 Å². The van der Waals surface area contributed by atoms with Gasteiger partial charge in [-0.05, 0) is 31.2 Å². The first kappa shape index (κ1) is 15.5. The summed E-state index contributed by atoms with van der Waals surface area (Å²) in [5, 5.41) is 0. The van der Waals surface area contributed by atoms with Crippen LogP contribution in [-0.2, 0) is 11.3 Å². The summed E-state index contributed by atoms with van der Waals surface area (Å²) in [6, 6.07) is 11.7. The summed E-state index contributed by atoms with van der Waals surface area (Å²) >= 11 is 0. The van der Waals surface area contributed by atoms with Crippen LogP contribution in [0.1, 0.15) is 46.6 Å². The quantitative estimate of drug-likeness (QED) is 0.820. The van der Waals surface area contributed by atoms with Crippen molar-refractivity contribution in [2.45, 2.75) is 65.8 Å². The van der Waals surface area contributed by atoms with E-state index in [0.717, 1.165) is 19.6 Å². The van der Waals surface area contributed by atoms with Gasteiger partial charge in [0.1, 0.15) is 0 Å². The summed E-state index contributed by atoms with van der Waals surface area (Å²) in [6.45, 7) is 13.4. The molecule has 20 heavy (non-hydrogen) atoms. The number of nitrogens with zero attached hydrogens (tertiary/aromatic N) is 1. The average Bonchev–Trinajstić information content (AvgIpc) is 2.82. The van der Waals surface area contributed by atoms with Crippen LogP contribution in [0.4, 0.5) is 0 Å². The Bertz CT molecular complexity index is 407. The lowest BCUT2D eigenvalue weighted by Crippen LogP contribution is -2.43. The van der Waals surface area contributed by atoms with Gasteiger partial charge in [-0.2, -0.15) is 0 Å². The minimum Gasteiger partial charge on any atom is -0.372 e. The lowest BCUT2D eigenvalue weighted by molar-refractivity contribution is 0.0444. The first-order valence-corrected chi connectivity index (χ1v) is 7.79. The van der Waals surface area contributed by atoms with Crippen molar-refractivity contribution in [3.05, 3.63) is 35.9 Å². The van der Waals surface area contributed by atoms with Crippen molar-refractivity contribution in [2.75, 3.05) is 6.54 Å². The third kappa shape index (κ3) is 3.83. The van der Waals surface area contributed by atoms with E-state index in [1.807, 2.05) is 0 Å². The van der Waals surface area contributed by atoms with E-state index in [1.54, 1.807) is 0 Å². The van der Waals surface area contributed by atoms with Gasteiger partial charge in [0.05, 0.1) is 12.7 Å². The molecule has 1 heterocycles. The summed E-state index contributed by atoms with van der Waals surface area (Å²) in [6.07, 6.45) is 1.51. The normalized spacial score (nSPS) is 24.5. The van der Waals surface area contributed by atoms with Crippen LogP contribution in [0, 0.1) is 5.41 Å². The van der Waals surface area contributed by atoms with Crippen LogP contribution >= 0.6 is 0 Å². The molecule has 0 amide bonds. The summed E-state index contributed by atoms with van der Waals surface area (Å²) in [5.74, 6) is 0. The van der Waals surface area contributed by atoms with Gasteiger partial charge in [-0.25, -0.2) is 0 Å². The summed E-state index contributed by atoms with van der Waals surface area (Å²) in [5.41, 5.74) is 1.58. The third-order valence-corrected chi connectivity index (χ3v) is 4.29. The maximum atomic E-state index is 6.15. The standard InChI is InChI=1S/C18H29NO/c1-14(2)19-12-16(11-17(19)18(3,4)5)20-13-15-9-7-6-8-10-15/h6-10,14,16-17H,11-13H2,1-5H3. The average molecular weight is 275 g/mol. The molecular weight excluding hydrogens is 246 g/mol.